The number of amides is 1. The molecule has 3 nitrogen and oxygen atoms in total. The van der Waals surface area contributed by atoms with Crippen LogP contribution in [0, 0.1) is 23.7 Å². The fraction of sp³-hybridized carbons (Fsp3) is 0.647. The molecule has 124 valence electrons. The molecule has 0 radical (unpaired) electrons. The standard InChI is InChI=1S/C17H19F3N2O/c18-17(19,20)15-5-4-9(8-21-15)16(23)22-14-7-10-6-13(14)12-3-1-2-11(10)12/h4-5,8,10-14H,1-3,6-7H2,(H,22,23)/t10-,11-,12-,13+,14-/m1/s1. The summed E-state index contributed by atoms with van der Waals surface area (Å²) in [7, 11) is 0. The van der Waals surface area contributed by atoms with Crippen molar-refractivity contribution in [3.63, 3.8) is 0 Å². The van der Waals surface area contributed by atoms with Crippen LogP contribution in [0.2, 0.25) is 0 Å². The Kier molecular flexibility index (Phi) is 3.39. The molecule has 2 bridgehead atoms. The van der Waals surface area contributed by atoms with Crippen molar-refractivity contribution in [3.05, 3.63) is 29.6 Å². The number of carbonyl (C=O) groups excluding carboxylic acids is 1. The summed E-state index contributed by atoms with van der Waals surface area (Å²) in [5.41, 5.74) is -0.772. The molecule has 1 amide bonds. The van der Waals surface area contributed by atoms with Gasteiger partial charge in [-0.05, 0) is 61.5 Å². The summed E-state index contributed by atoms with van der Waals surface area (Å²) in [5.74, 6) is 2.56. The van der Waals surface area contributed by atoms with Crippen LogP contribution < -0.4 is 5.32 Å². The molecule has 1 heterocycles. The molecular weight excluding hydrogens is 305 g/mol. The van der Waals surface area contributed by atoms with Crippen molar-refractivity contribution in [2.24, 2.45) is 23.7 Å². The smallest absolute Gasteiger partial charge is 0.349 e. The lowest BCUT2D eigenvalue weighted by atomic mass is 9.79. The highest BCUT2D eigenvalue weighted by Gasteiger charge is 2.54. The molecular formula is C17H19F3N2O. The molecule has 1 aromatic rings. The fourth-order valence-electron chi connectivity index (χ4n) is 5.18. The second-order valence-electron chi connectivity index (χ2n) is 7.16. The van der Waals surface area contributed by atoms with Crippen molar-refractivity contribution < 1.29 is 18.0 Å². The Labute approximate surface area is 132 Å². The minimum absolute atomic E-state index is 0.175. The molecule has 0 unspecified atom stereocenters. The molecule has 3 aliphatic carbocycles. The van der Waals surface area contributed by atoms with E-state index in [1.165, 1.54) is 31.7 Å². The zero-order valence-corrected chi connectivity index (χ0v) is 12.6. The Morgan fingerprint density at radius 2 is 1.91 bits per heavy atom. The van der Waals surface area contributed by atoms with Crippen molar-refractivity contribution in [2.75, 3.05) is 0 Å². The van der Waals surface area contributed by atoms with E-state index < -0.39 is 11.9 Å². The summed E-state index contributed by atoms with van der Waals surface area (Å²) in [6, 6.07) is 2.24. The first-order chi connectivity index (χ1) is 10.9. The minimum atomic E-state index is -4.48. The molecule has 5 atom stereocenters. The number of nitrogens with one attached hydrogen (secondary N) is 1. The van der Waals surface area contributed by atoms with E-state index in [1.807, 2.05) is 0 Å². The van der Waals surface area contributed by atoms with Crippen molar-refractivity contribution in [2.45, 2.75) is 44.3 Å². The van der Waals surface area contributed by atoms with Gasteiger partial charge in [-0.15, -0.1) is 0 Å². The summed E-state index contributed by atoms with van der Waals surface area (Å²) in [6.07, 6.45) is 2.65. The normalized spacial score (nSPS) is 35.3. The van der Waals surface area contributed by atoms with Crippen LogP contribution in [0.3, 0.4) is 0 Å². The maximum atomic E-state index is 12.5. The monoisotopic (exact) mass is 324 g/mol. The maximum Gasteiger partial charge on any atom is 0.433 e. The molecule has 1 N–H and O–H groups in total. The lowest BCUT2D eigenvalue weighted by Crippen LogP contribution is -2.42. The highest BCUT2D eigenvalue weighted by atomic mass is 19.4. The molecule has 3 fully saturated rings. The van der Waals surface area contributed by atoms with E-state index in [2.05, 4.69) is 10.3 Å². The molecule has 0 aromatic carbocycles. The first-order valence-corrected chi connectivity index (χ1v) is 8.27. The van der Waals surface area contributed by atoms with E-state index in [1.54, 1.807) is 0 Å². The van der Waals surface area contributed by atoms with Gasteiger partial charge in [0.25, 0.3) is 5.91 Å². The van der Waals surface area contributed by atoms with Crippen molar-refractivity contribution in [1.29, 1.82) is 0 Å². The lowest BCUT2D eigenvalue weighted by molar-refractivity contribution is -0.141. The van der Waals surface area contributed by atoms with Crippen LogP contribution >= 0.6 is 0 Å². The summed E-state index contributed by atoms with van der Waals surface area (Å²) < 4.78 is 37.5. The summed E-state index contributed by atoms with van der Waals surface area (Å²) >= 11 is 0. The third kappa shape index (κ3) is 2.52. The number of halogens is 3. The van der Waals surface area contributed by atoms with Crippen LogP contribution in [-0.2, 0) is 6.18 Å². The van der Waals surface area contributed by atoms with Gasteiger partial charge in [-0.2, -0.15) is 13.2 Å². The lowest BCUT2D eigenvalue weighted by Gasteiger charge is -2.32. The molecule has 3 saturated carbocycles. The van der Waals surface area contributed by atoms with Gasteiger partial charge in [0.15, 0.2) is 0 Å². The van der Waals surface area contributed by atoms with Crippen molar-refractivity contribution in [3.8, 4) is 0 Å². The number of alkyl halides is 3. The van der Waals surface area contributed by atoms with Gasteiger partial charge in [0.2, 0.25) is 0 Å². The van der Waals surface area contributed by atoms with Gasteiger partial charge in [-0.3, -0.25) is 9.78 Å². The number of hydrogen-bond donors (Lipinski definition) is 1. The molecule has 6 heteroatoms. The highest BCUT2D eigenvalue weighted by Crippen LogP contribution is 2.58. The first-order valence-electron chi connectivity index (χ1n) is 8.27. The molecule has 0 spiro atoms. The van der Waals surface area contributed by atoms with Gasteiger partial charge in [-0.1, -0.05) is 6.42 Å². The van der Waals surface area contributed by atoms with E-state index in [4.69, 9.17) is 0 Å². The second-order valence-corrected chi connectivity index (χ2v) is 7.16. The first kappa shape index (κ1) is 15.0. The highest BCUT2D eigenvalue weighted by molar-refractivity contribution is 5.94. The number of pyridine rings is 1. The Hall–Kier alpha value is -1.59. The number of fused-ring (bicyclic) bond motifs is 5. The van der Waals surface area contributed by atoms with Gasteiger partial charge >= 0.3 is 6.18 Å². The van der Waals surface area contributed by atoms with Crippen LogP contribution in [-0.4, -0.2) is 16.9 Å². The Morgan fingerprint density at radius 3 is 2.61 bits per heavy atom. The topological polar surface area (TPSA) is 42.0 Å². The third-order valence-electron chi connectivity index (χ3n) is 6.06. The van der Waals surface area contributed by atoms with Crippen LogP contribution in [0.5, 0.6) is 0 Å². The second kappa shape index (κ2) is 5.21. The summed E-state index contributed by atoms with van der Waals surface area (Å²) in [4.78, 5) is 15.7. The van der Waals surface area contributed by atoms with Crippen LogP contribution in [0.1, 0.15) is 48.2 Å². The van der Waals surface area contributed by atoms with Crippen molar-refractivity contribution >= 4 is 5.91 Å². The summed E-state index contributed by atoms with van der Waals surface area (Å²) in [6.45, 7) is 0. The average molecular weight is 324 g/mol. The predicted molar refractivity (Wildman–Crippen MR) is 77.5 cm³/mol. The maximum absolute atomic E-state index is 12.5. The van der Waals surface area contributed by atoms with Crippen LogP contribution in [0.15, 0.2) is 18.3 Å². The van der Waals surface area contributed by atoms with E-state index in [-0.39, 0.29) is 17.5 Å². The van der Waals surface area contributed by atoms with Gasteiger partial charge in [0.1, 0.15) is 5.69 Å². The van der Waals surface area contributed by atoms with Crippen LogP contribution in [0.4, 0.5) is 13.2 Å². The van der Waals surface area contributed by atoms with E-state index >= 15 is 0 Å². The van der Waals surface area contributed by atoms with E-state index in [0.717, 1.165) is 36.4 Å². The third-order valence-corrected chi connectivity index (χ3v) is 6.06. The van der Waals surface area contributed by atoms with Gasteiger partial charge < -0.3 is 5.32 Å². The average Bonchev–Trinajstić information content (AvgIpc) is 3.18. The van der Waals surface area contributed by atoms with Gasteiger partial charge in [-0.25, -0.2) is 0 Å². The summed E-state index contributed by atoms with van der Waals surface area (Å²) in [5, 5.41) is 3.04. The predicted octanol–water partition coefficient (Wildman–Crippen LogP) is 3.65. The van der Waals surface area contributed by atoms with E-state index in [9.17, 15) is 18.0 Å². The fourth-order valence-corrected chi connectivity index (χ4v) is 5.18. The largest absolute Gasteiger partial charge is 0.433 e. The number of carbonyl (C=O) groups is 1. The Bertz CT molecular complexity index is 613. The zero-order chi connectivity index (χ0) is 16.2. The molecule has 4 rings (SSSR count). The number of nitrogens with zero attached hydrogens (tertiary/aromatic N) is 1. The van der Waals surface area contributed by atoms with Crippen molar-refractivity contribution in [1.82, 2.24) is 10.3 Å². The minimum Gasteiger partial charge on any atom is -0.349 e. The number of rotatable bonds is 2. The quantitative estimate of drug-likeness (QED) is 0.902. The van der Waals surface area contributed by atoms with Gasteiger partial charge in [0.05, 0.1) is 5.56 Å². The number of aromatic nitrogens is 1. The zero-order valence-electron chi connectivity index (χ0n) is 12.6. The van der Waals surface area contributed by atoms with Gasteiger partial charge in [0, 0.05) is 12.2 Å². The molecule has 0 aliphatic heterocycles. The van der Waals surface area contributed by atoms with Crippen LogP contribution in [0.25, 0.3) is 0 Å². The Morgan fingerprint density at radius 1 is 1.13 bits per heavy atom. The molecule has 23 heavy (non-hydrogen) atoms. The molecule has 1 aromatic heterocycles. The molecule has 0 saturated heterocycles. The SMILES string of the molecule is O=C(N[C@@H]1C[C@H]2C[C@H]1[C@@H]1CCC[C@H]21)c1ccc(C(F)(F)F)nc1. The Balaban J connectivity index is 1.43. The molecule has 3 aliphatic rings. The number of hydrogen-bond acceptors (Lipinski definition) is 2. The van der Waals surface area contributed by atoms with E-state index in [0.29, 0.717) is 5.92 Å².